The third-order valence-electron chi connectivity index (χ3n) is 3.27. The van der Waals surface area contributed by atoms with Gasteiger partial charge in [-0.3, -0.25) is 10.1 Å². The number of halogens is 2. The van der Waals surface area contributed by atoms with E-state index in [4.69, 9.17) is 11.6 Å². The maximum atomic E-state index is 13.5. The van der Waals surface area contributed by atoms with Crippen LogP contribution in [0.3, 0.4) is 0 Å². The first kappa shape index (κ1) is 13.6. The number of hydrogen-bond donors (Lipinski definition) is 0. The summed E-state index contributed by atoms with van der Waals surface area (Å²) in [4.78, 5) is 10.2. The van der Waals surface area contributed by atoms with Crippen molar-refractivity contribution in [2.24, 2.45) is 0 Å². The molecule has 0 aliphatic rings. The highest BCUT2D eigenvalue weighted by Gasteiger charge is 2.11. The van der Waals surface area contributed by atoms with Gasteiger partial charge < -0.3 is 4.57 Å². The number of fused-ring (bicyclic) bond motifs is 1. The molecule has 0 spiro atoms. The van der Waals surface area contributed by atoms with Crippen molar-refractivity contribution in [3.8, 4) is 0 Å². The molecule has 3 rings (SSSR count). The Labute approximate surface area is 124 Å². The molecule has 106 valence electrons. The molecule has 0 atom stereocenters. The summed E-state index contributed by atoms with van der Waals surface area (Å²) in [5, 5.41) is 12.3. The Hall–Kier alpha value is -2.40. The van der Waals surface area contributed by atoms with Gasteiger partial charge in [-0.25, -0.2) is 4.39 Å². The topological polar surface area (TPSA) is 48.1 Å². The zero-order chi connectivity index (χ0) is 15.0. The first-order valence-electron chi connectivity index (χ1n) is 6.22. The van der Waals surface area contributed by atoms with Crippen LogP contribution in [0.1, 0.15) is 5.56 Å². The van der Waals surface area contributed by atoms with Gasteiger partial charge in [-0.05, 0) is 29.8 Å². The predicted octanol–water partition coefficient (Wildman–Crippen LogP) is 4.39. The van der Waals surface area contributed by atoms with Crippen LogP contribution >= 0.6 is 11.6 Å². The number of benzene rings is 2. The van der Waals surface area contributed by atoms with E-state index in [0.29, 0.717) is 17.1 Å². The number of non-ortho nitro benzene ring substituents is 1. The SMILES string of the molecule is O=[N+]([O-])c1cc(F)cc(Cn2ccc3c(Cl)cccc32)c1. The van der Waals surface area contributed by atoms with Crippen LogP contribution in [-0.2, 0) is 6.54 Å². The molecule has 1 heterocycles. The van der Waals surface area contributed by atoms with Gasteiger partial charge in [0.05, 0.1) is 11.0 Å². The lowest BCUT2D eigenvalue weighted by atomic mass is 10.2. The van der Waals surface area contributed by atoms with E-state index in [1.807, 2.05) is 29.0 Å². The summed E-state index contributed by atoms with van der Waals surface area (Å²) in [7, 11) is 0. The maximum Gasteiger partial charge on any atom is 0.272 e. The average Bonchev–Trinajstić information content (AvgIpc) is 2.83. The molecule has 0 bridgehead atoms. The molecule has 0 saturated carbocycles. The Balaban J connectivity index is 2.03. The fourth-order valence-electron chi connectivity index (χ4n) is 2.35. The van der Waals surface area contributed by atoms with Crippen molar-refractivity contribution in [3.63, 3.8) is 0 Å². The third kappa shape index (κ3) is 2.60. The smallest absolute Gasteiger partial charge is 0.272 e. The largest absolute Gasteiger partial charge is 0.343 e. The number of rotatable bonds is 3. The number of nitro groups is 1. The summed E-state index contributed by atoms with van der Waals surface area (Å²) in [6.07, 6.45) is 1.83. The Bertz CT molecular complexity index is 845. The van der Waals surface area contributed by atoms with E-state index in [9.17, 15) is 14.5 Å². The monoisotopic (exact) mass is 304 g/mol. The molecule has 1 aromatic heterocycles. The summed E-state index contributed by atoms with van der Waals surface area (Å²) < 4.78 is 15.3. The second-order valence-corrected chi connectivity index (χ2v) is 5.10. The van der Waals surface area contributed by atoms with Crippen LogP contribution in [0.25, 0.3) is 10.9 Å². The van der Waals surface area contributed by atoms with Gasteiger partial charge in [-0.2, -0.15) is 0 Å². The predicted molar refractivity (Wildman–Crippen MR) is 79.1 cm³/mol. The first-order valence-corrected chi connectivity index (χ1v) is 6.59. The summed E-state index contributed by atoms with van der Waals surface area (Å²) in [6, 6.07) is 11.0. The molecule has 0 radical (unpaired) electrons. The zero-order valence-corrected chi connectivity index (χ0v) is 11.5. The van der Waals surface area contributed by atoms with Crippen LogP contribution in [0.2, 0.25) is 5.02 Å². The number of hydrogen-bond acceptors (Lipinski definition) is 2. The van der Waals surface area contributed by atoms with E-state index in [1.54, 1.807) is 6.07 Å². The highest BCUT2D eigenvalue weighted by atomic mass is 35.5. The molecule has 0 fully saturated rings. The van der Waals surface area contributed by atoms with Crippen LogP contribution in [0.4, 0.5) is 10.1 Å². The molecule has 0 amide bonds. The van der Waals surface area contributed by atoms with Crippen LogP contribution in [0, 0.1) is 15.9 Å². The standard InChI is InChI=1S/C15H10ClFN2O2/c16-14-2-1-3-15-13(14)4-5-18(15)9-10-6-11(17)8-12(7-10)19(20)21/h1-8H,9H2. The number of nitro benzene ring substituents is 1. The van der Waals surface area contributed by atoms with Crippen molar-refractivity contribution >= 4 is 28.2 Å². The first-order chi connectivity index (χ1) is 10.0. The van der Waals surface area contributed by atoms with Gasteiger partial charge in [-0.15, -0.1) is 0 Å². The van der Waals surface area contributed by atoms with Crippen LogP contribution in [-0.4, -0.2) is 9.49 Å². The molecule has 0 aliphatic heterocycles. The van der Waals surface area contributed by atoms with E-state index in [1.165, 1.54) is 12.1 Å². The van der Waals surface area contributed by atoms with E-state index < -0.39 is 10.7 Å². The highest BCUT2D eigenvalue weighted by molar-refractivity contribution is 6.35. The minimum Gasteiger partial charge on any atom is -0.343 e. The molecular weight excluding hydrogens is 295 g/mol. The highest BCUT2D eigenvalue weighted by Crippen LogP contribution is 2.25. The molecule has 0 aliphatic carbocycles. The van der Waals surface area contributed by atoms with E-state index in [-0.39, 0.29) is 5.69 Å². The van der Waals surface area contributed by atoms with Crippen molar-refractivity contribution in [2.75, 3.05) is 0 Å². The van der Waals surface area contributed by atoms with E-state index >= 15 is 0 Å². The van der Waals surface area contributed by atoms with Gasteiger partial charge in [0.1, 0.15) is 5.82 Å². The lowest BCUT2D eigenvalue weighted by Crippen LogP contribution is -2.00. The Morgan fingerprint density at radius 2 is 2.05 bits per heavy atom. The quantitative estimate of drug-likeness (QED) is 0.532. The van der Waals surface area contributed by atoms with Gasteiger partial charge in [0.2, 0.25) is 0 Å². The normalized spacial score (nSPS) is 11.0. The fraction of sp³-hybridized carbons (Fsp3) is 0.0667. The van der Waals surface area contributed by atoms with Crippen molar-refractivity contribution in [1.82, 2.24) is 4.57 Å². The van der Waals surface area contributed by atoms with Gasteiger partial charge in [0.25, 0.3) is 5.69 Å². The second kappa shape index (κ2) is 5.18. The van der Waals surface area contributed by atoms with Crippen molar-refractivity contribution < 1.29 is 9.31 Å². The van der Waals surface area contributed by atoms with E-state index in [0.717, 1.165) is 17.0 Å². The molecule has 21 heavy (non-hydrogen) atoms. The maximum absolute atomic E-state index is 13.5. The van der Waals surface area contributed by atoms with Gasteiger partial charge >= 0.3 is 0 Å². The molecule has 0 N–H and O–H groups in total. The molecular formula is C15H10ClFN2O2. The van der Waals surface area contributed by atoms with Crippen LogP contribution in [0.15, 0.2) is 48.7 Å². The minimum absolute atomic E-state index is 0.250. The Morgan fingerprint density at radius 1 is 1.24 bits per heavy atom. The molecule has 6 heteroatoms. The van der Waals surface area contributed by atoms with Crippen molar-refractivity contribution in [1.29, 1.82) is 0 Å². The van der Waals surface area contributed by atoms with Crippen molar-refractivity contribution in [3.05, 3.63) is 75.2 Å². The number of aromatic nitrogens is 1. The molecule has 0 unspecified atom stereocenters. The van der Waals surface area contributed by atoms with Gasteiger partial charge in [0, 0.05) is 34.7 Å². The third-order valence-corrected chi connectivity index (χ3v) is 3.60. The lowest BCUT2D eigenvalue weighted by molar-refractivity contribution is -0.385. The summed E-state index contributed by atoms with van der Waals surface area (Å²) in [6.45, 7) is 0.336. The number of nitrogens with zero attached hydrogens (tertiary/aromatic N) is 2. The Kier molecular flexibility index (Phi) is 3.35. The van der Waals surface area contributed by atoms with Gasteiger partial charge in [0.15, 0.2) is 0 Å². The summed E-state index contributed by atoms with van der Waals surface area (Å²) >= 11 is 6.10. The van der Waals surface area contributed by atoms with Crippen LogP contribution in [0.5, 0.6) is 0 Å². The summed E-state index contributed by atoms with van der Waals surface area (Å²) in [5.74, 6) is -0.617. The Morgan fingerprint density at radius 3 is 2.81 bits per heavy atom. The lowest BCUT2D eigenvalue weighted by Gasteiger charge is -2.06. The summed E-state index contributed by atoms with van der Waals surface area (Å²) in [5.41, 5.74) is 1.17. The average molecular weight is 305 g/mol. The molecule has 2 aromatic carbocycles. The fourth-order valence-corrected chi connectivity index (χ4v) is 2.58. The van der Waals surface area contributed by atoms with E-state index in [2.05, 4.69) is 0 Å². The van der Waals surface area contributed by atoms with Crippen molar-refractivity contribution in [2.45, 2.75) is 6.54 Å². The second-order valence-electron chi connectivity index (χ2n) is 4.69. The molecule has 3 aromatic rings. The minimum atomic E-state index is -0.617. The molecule has 4 nitrogen and oxygen atoms in total. The van der Waals surface area contributed by atoms with Crippen LogP contribution < -0.4 is 0 Å². The van der Waals surface area contributed by atoms with Gasteiger partial charge in [-0.1, -0.05) is 17.7 Å². The molecule has 0 saturated heterocycles. The zero-order valence-electron chi connectivity index (χ0n) is 10.8.